The largest absolute Gasteiger partial charge is 0.494 e. The van der Waals surface area contributed by atoms with Gasteiger partial charge in [-0.3, -0.25) is 4.98 Å². The number of unbranched alkanes of at least 4 members (excludes halogenated alkanes) is 4. The average molecular weight is 316 g/mol. The Hall–Kier alpha value is -1.65. The van der Waals surface area contributed by atoms with Crippen LogP contribution in [-0.2, 0) is 5.54 Å². The molecule has 0 aliphatic rings. The number of nitrogens with two attached hydrogens (primary N) is 1. The number of ether oxygens (including phenoxy) is 1. The molecule has 0 aliphatic heterocycles. The fourth-order valence-electron chi connectivity index (χ4n) is 2.49. The van der Waals surface area contributed by atoms with Crippen molar-refractivity contribution in [2.45, 2.75) is 51.5 Å². The van der Waals surface area contributed by atoms with Crippen LogP contribution in [0.2, 0.25) is 0 Å². The van der Waals surface area contributed by atoms with E-state index in [0.29, 0.717) is 0 Å². The second kappa shape index (κ2) is 8.27. The van der Waals surface area contributed by atoms with E-state index in [-0.39, 0.29) is 6.61 Å². The lowest BCUT2D eigenvalue weighted by Crippen LogP contribution is -2.37. The third-order valence-corrected chi connectivity index (χ3v) is 4.16. The van der Waals surface area contributed by atoms with Gasteiger partial charge in [0.05, 0.1) is 24.3 Å². The smallest absolute Gasteiger partial charge is 0.121 e. The van der Waals surface area contributed by atoms with Crippen molar-refractivity contribution in [3.63, 3.8) is 0 Å². The maximum absolute atomic E-state index is 9.37. The molecule has 1 aromatic carbocycles. The van der Waals surface area contributed by atoms with Crippen LogP contribution in [-0.4, -0.2) is 23.3 Å². The molecule has 3 N–H and O–H groups in total. The zero-order chi connectivity index (χ0) is 16.7. The molecule has 0 radical (unpaired) electrons. The molecule has 0 spiro atoms. The Morgan fingerprint density at radius 1 is 1.17 bits per heavy atom. The maximum atomic E-state index is 9.37. The summed E-state index contributed by atoms with van der Waals surface area (Å²) in [6.45, 7) is 4.65. The highest BCUT2D eigenvalue weighted by Gasteiger charge is 2.20. The van der Waals surface area contributed by atoms with E-state index in [4.69, 9.17) is 10.5 Å². The Balaban J connectivity index is 1.98. The summed E-state index contributed by atoms with van der Waals surface area (Å²) in [5, 5.41) is 10.4. The summed E-state index contributed by atoms with van der Waals surface area (Å²) < 4.78 is 5.81. The first kappa shape index (κ1) is 17.7. The van der Waals surface area contributed by atoms with Gasteiger partial charge in [-0.2, -0.15) is 0 Å². The van der Waals surface area contributed by atoms with Gasteiger partial charge in [0.2, 0.25) is 0 Å². The fourth-order valence-corrected chi connectivity index (χ4v) is 2.49. The van der Waals surface area contributed by atoms with Gasteiger partial charge in [0, 0.05) is 17.6 Å². The van der Waals surface area contributed by atoms with Crippen LogP contribution in [0.15, 0.2) is 30.5 Å². The highest BCUT2D eigenvalue weighted by molar-refractivity contribution is 5.80. The highest BCUT2D eigenvalue weighted by atomic mass is 16.5. The Morgan fingerprint density at radius 2 is 1.96 bits per heavy atom. The summed E-state index contributed by atoms with van der Waals surface area (Å²) in [4.78, 5) is 4.45. The molecule has 2 rings (SSSR count). The lowest BCUT2D eigenvalue weighted by molar-refractivity contribution is 0.210. The second-order valence-electron chi connectivity index (χ2n) is 6.42. The van der Waals surface area contributed by atoms with Crippen molar-refractivity contribution in [3.8, 4) is 5.75 Å². The number of pyridine rings is 1. The fraction of sp³-hybridized carbons (Fsp3) is 0.526. The number of fused-ring (bicyclic) bond motifs is 1. The second-order valence-corrected chi connectivity index (χ2v) is 6.42. The van der Waals surface area contributed by atoms with Crippen LogP contribution < -0.4 is 10.5 Å². The third kappa shape index (κ3) is 4.91. The lowest BCUT2D eigenvalue weighted by Gasteiger charge is -2.22. The molecule has 1 atom stereocenters. The Bertz CT molecular complexity index is 626. The summed E-state index contributed by atoms with van der Waals surface area (Å²) in [6.07, 6.45) is 7.89. The van der Waals surface area contributed by atoms with Crippen LogP contribution in [0.3, 0.4) is 0 Å². The Labute approximate surface area is 138 Å². The molecule has 0 fully saturated rings. The van der Waals surface area contributed by atoms with Gasteiger partial charge >= 0.3 is 0 Å². The Morgan fingerprint density at radius 3 is 2.70 bits per heavy atom. The van der Waals surface area contributed by atoms with E-state index in [0.717, 1.165) is 35.2 Å². The minimum absolute atomic E-state index is 0.112. The van der Waals surface area contributed by atoms with Crippen molar-refractivity contribution in [1.29, 1.82) is 0 Å². The molecule has 0 amide bonds. The van der Waals surface area contributed by atoms with Crippen LogP contribution in [0.4, 0.5) is 0 Å². The molecule has 0 aliphatic carbocycles. The van der Waals surface area contributed by atoms with Gasteiger partial charge in [-0.05, 0) is 37.1 Å². The average Bonchev–Trinajstić information content (AvgIpc) is 2.57. The highest BCUT2D eigenvalue weighted by Crippen LogP contribution is 2.24. The van der Waals surface area contributed by atoms with E-state index in [2.05, 4.69) is 11.9 Å². The SMILES string of the molecule is CCCCCCCOc1ccc2cc([C@](C)(N)CO)cnc2c1. The van der Waals surface area contributed by atoms with Gasteiger partial charge in [-0.1, -0.05) is 32.6 Å². The first-order valence-electron chi connectivity index (χ1n) is 8.49. The van der Waals surface area contributed by atoms with E-state index in [1.165, 1.54) is 25.7 Å². The number of nitrogens with zero attached hydrogens (tertiary/aromatic N) is 1. The summed E-state index contributed by atoms with van der Waals surface area (Å²) in [6, 6.07) is 7.89. The van der Waals surface area contributed by atoms with Gasteiger partial charge in [0.25, 0.3) is 0 Å². The van der Waals surface area contributed by atoms with Crippen molar-refractivity contribution < 1.29 is 9.84 Å². The van der Waals surface area contributed by atoms with Crippen molar-refractivity contribution in [2.24, 2.45) is 5.73 Å². The molecule has 126 valence electrons. The summed E-state index contributed by atoms with van der Waals surface area (Å²) in [5.41, 5.74) is 7.00. The van der Waals surface area contributed by atoms with E-state index < -0.39 is 5.54 Å². The minimum Gasteiger partial charge on any atom is -0.494 e. The maximum Gasteiger partial charge on any atom is 0.121 e. The number of rotatable bonds is 9. The molecular formula is C19H28N2O2. The first-order chi connectivity index (χ1) is 11.1. The van der Waals surface area contributed by atoms with Crippen molar-refractivity contribution in [3.05, 3.63) is 36.0 Å². The first-order valence-corrected chi connectivity index (χ1v) is 8.49. The van der Waals surface area contributed by atoms with Gasteiger partial charge in [-0.25, -0.2) is 0 Å². The van der Waals surface area contributed by atoms with Crippen LogP contribution >= 0.6 is 0 Å². The molecule has 1 heterocycles. The number of aromatic nitrogens is 1. The Kier molecular flexibility index (Phi) is 6.37. The molecule has 0 unspecified atom stereocenters. The molecular weight excluding hydrogens is 288 g/mol. The van der Waals surface area contributed by atoms with Gasteiger partial charge in [-0.15, -0.1) is 0 Å². The topological polar surface area (TPSA) is 68.4 Å². The summed E-state index contributed by atoms with van der Waals surface area (Å²) in [7, 11) is 0. The normalized spacial score (nSPS) is 13.9. The minimum atomic E-state index is -0.769. The van der Waals surface area contributed by atoms with E-state index in [1.54, 1.807) is 13.1 Å². The molecule has 4 heteroatoms. The van der Waals surface area contributed by atoms with Crippen LogP contribution in [0.5, 0.6) is 5.75 Å². The summed E-state index contributed by atoms with van der Waals surface area (Å²) in [5.74, 6) is 0.853. The summed E-state index contributed by atoms with van der Waals surface area (Å²) >= 11 is 0. The monoisotopic (exact) mass is 316 g/mol. The van der Waals surface area contributed by atoms with Gasteiger partial charge in [0.15, 0.2) is 0 Å². The van der Waals surface area contributed by atoms with Crippen LogP contribution in [0.1, 0.15) is 51.5 Å². The zero-order valence-corrected chi connectivity index (χ0v) is 14.2. The predicted molar refractivity (Wildman–Crippen MR) is 94.6 cm³/mol. The van der Waals surface area contributed by atoms with E-state index >= 15 is 0 Å². The predicted octanol–water partition coefficient (Wildman–Crippen LogP) is 3.75. The zero-order valence-electron chi connectivity index (χ0n) is 14.2. The van der Waals surface area contributed by atoms with Crippen LogP contribution in [0.25, 0.3) is 10.9 Å². The molecule has 2 aromatic rings. The van der Waals surface area contributed by atoms with Gasteiger partial charge < -0.3 is 15.6 Å². The molecule has 23 heavy (non-hydrogen) atoms. The number of aliphatic hydroxyl groups is 1. The lowest BCUT2D eigenvalue weighted by atomic mass is 9.95. The number of aliphatic hydroxyl groups excluding tert-OH is 1. The molecule has 0 saturated carbocycles. The standard InChI is InChI=1S/C19H28N2O2/c1-3-4-5-6-7-10-23-17-9-8-15-11-16(19(2,20)14-22)13-21-18(15)12-17/h8-9,11-13,22H,3-7,10,14,20H2,1-2H3/t19-/m1/s1. The van der Waals surface area contributed by atoms with Gasteiger partial charge in [0.1, 0.15) is 5.75 Å². The van der Waals surface area contributed by atoms with Crippen molar-refractivity contribution in [2.75, 3.05) is 13.2 Å². The molecule has 4 nitrogen and oxygen atoms in total. The van der Waals surface area contributed by atoms with Crippen LogP contribution in [0, 0.1) is 0 Å². The number of benzene rings is 1. The molecule has 0 bridgehead atoms. The van der Waals surface area contributed by atoms with E-state index in [9.17, 15) is 5.11 Å². The molecule has 0 saturated heterocycles. The molecule has 1 aromatic heterocycles. The number of hydrogen-bond donors (Lipinski definition) is 2. The van der Waals surface area contributed by atoms with Crippen molar-refractivity contribution >= 4 is 10.9 Å². The van der Waals surface area contributed by atoms with Crippen molar-refractivity contribution in [1.82, 2.24) is 4.98 Å². The number of hydrogen-bond acceptors (Lipinski definition) is 4. The van der Waals surface area contributed by atoms with E-state index in [1.807, 2.05) is 24.3 Å². The quantitative estimate of drug-likeness (QED) is 0.691. The third-order valence-electron chi connectivity index (χ3n) is 4.16.